The van der Waals surface area contributed by atoms with Gasteiger partial charge in [-0.05, 0) is 48.0 Å². The number of imidazole rings is 1. The zero-order chi connectivity index (χ0) is 21.4. The predicted octanol–water partition coefficient (Wildman–Crippen LogP) is 5.38. The van der Waals surface area contributed by atoms with Crippen LogP contribution in [0.5, 0.6) is 5.75 Å². The minimum absolute atomic E-state index is 0.0390. The molecule has 4 aromatic rings. The topological polar surface area (TPSA) is 47.4 Å². The molecule has 6 heteroatoms. The second-order valence-electron chi connectivity index (χ2n) is 7.78. The van der Waals surface area contributed by atoms with Gasteiger partial charge in [0.1, 0.15) is 11.6 Å². The van der Waals surface area contributed by atoms with Gasteiger partial charge in [0, 0.05) is 35.6 Å². The van der Waals surface area contributed by atoms with Gasteiger partial charge in [0.05, 0.1) is 18.1 Å². The highest BCUT2D eigenvalue weighted by molar-refractivity contribution is 9.10. The minimum Gasteiger partial charge on any atom is -0.497 e. The third-order valence-corrected chi connectivity index (χ3v) is 6.29. The van der Waals surface area contributed by atoms with Crippen LogP contribution in [-0.2, 0) is 11.3 Å². The number of hydrogen-bond donors (Lipinski definition) is 0. The number of rotatable bonds is 5. The normalized spacial score (nSPS) is 16.3. The summed E-state index contributed by atoms with van der Waals surface area (Å²) >= 11 is 3.51. The van der Waals surface area contributed by atoms with Crippen molar-refractivity contribution in [3.8, 4) is 5.75 Å². The average molecular weight is 476 g/mol. The zero-order valence-electron chi connectivity index (χ0n) is 17.2. The number of nitrogens with zero attached hydrogens (tertiary/aromatic N) is 3. The summed E-state index contributed by atoms with van der Waals surface area (Å²) in [4.78, 5) is 19.7. The van der Waals surface area contributed by atoms with Crippen molar-refractivity contribution in [1.82, 2.24) is 9.55 Å². The Bertz CT molecular complexity index is 1250. The molecule has 0 spiro atoms. The Morgan fingerprint density at radius 1 is 1.06 bits per heavy atom. The van der Waals surface area contributed by atoms with Gasteiger partial charge in [0.25, 0.3) is 0 Å². The smallest absolute Gasteiger partial charge is 0.227 e. The van der Waals surface area contributed by atoms with Crippen LogP contribution in [0.25, 0.3) is 11.0 Å². The first-order valence-corrected chi connectivity index (χ1v) is 11.1. The van der Waals surface area contributed by atoms with Crippen LogP contribution in [0.15, 0.2) is 77.3 Å². The molecule has 156 valence electrons. The molecular formula is C25H22BrN3O2. The number of para-hydroxylation sites is 2. The first-order chi connectivity index (χ1) is 15.1. The molecule has 5 nitrogen and oxygen atoms in total. The fraction of sp³-hybridized carbons (Fsp3) is 0.200. The van der Waals surface area contributed by atoms with E-state index in [1.165, 1.54) is 5.56 Å². The molecule has 1 aromatic heterocycles. The molecular weight excluding hydrogens is 454 g/mol. The van der Waals surface area contributed by atoms with Gasteiger partial charge in [-0.3, -0.25) is 4.79 Å². The van der Waals surface area contributed by atoms with Crippen LogP contribution >= 0.6 is 15.9 Å². The van der Waals surface area contributed by atoms with Crippen LogP contribution in [0.3, 0.4) is 0 Å². The minimum atomic E-state index is 0.0390. The molecule has 0 radical (unpaired) electrons. The fourth-order valence-electron chi connectivity index (χ4n) is 4.26. The molecule has 1 atom stereocenters. The number of carbonyl (C=O) groups excluding carboxylic acids is 1. The summed E-state index contributed by atoms with van der Waals surface area (Å²) in [6, 6.07) is 24.2. The Hall–Kier alpha value is -3.12. The number of carbonyl (C=O) groups is 1. The van der Waals surface area contributed by atoms with Crippen molar-refractivity contribution in [3.63, 3.8) is 0 Å². The highest BCUT2D eigenvalue weighted by Crippen LogP contribution is 2.34. The number of methoxy groups -OCH3 is 1. The lowest BCUT2D eigenvalue weighted by Crippen LogP contribution is -2.24. The lowest BCUT2D eigenvalue weighted by atomic mass is 10.1. The van der Waals surface area contributed by atoms with E-state index >= 15 is 0 Å². The van der Waals surface area contributed by atoms with Gasteiger partial charge in [0.15, 0.2) is 0 Å². The molecule has 2 heterocycles. The summed E-state index contributed by atoms with van der Waals surface area (Å²) < 4.78 is 8.50. The molecule has 1 aliphatic rings. The molecule has 0 bridgehead atoms. The van der Waals surface area contributed by atoms with E-state index in [9.17, 15) is 4.79 Å². The van der Waals surface area contributed by atoms with Crippen LogP contribution in [0, 0.1) is 0 Å². The van der Waals surface area contributed by atoms with Gasteiger partial charge in [-0.1, -0.05) is 46.3 Å². The number of halogens is 1. The lowest BCUT2D eigenvalue weighted by Gasteiger charge is -2.18. The van der Waals surface area contributed by atoms with Gasteiger partial charge in [-0.25, -0.2) is 4.98 Å². The van der Waals surface area contributed by atoms with Crippen molar-refractivity contribution >= 4 is 38.6 Å². The number of fused-ring (bicyclic) bond motifs is 1. The van der Waals surface area contributed by atoms with Crippen molar-refractivity contribution in [1.29, 1.82) is 0 Å². The Morgan fingerprint density at radius 2 is 1.87 bits per heavy atom. The molecule has 1 fully saturated rings. The van der Waals surface area contributed by atoms with Crippen molar-refractivity contribution in [2.45, 2.75) is 18.9 Å². The largest absolute Gasteiger partial charge is 0.497 e. The molecule has 1 amide bonds. The third-order valence-electron chi connectivity index (χ3n) is 5.79. The second kappa shape index (κ2) is 8.19. The molecule has 0 aliphatic carbocycles. The van der Waals surface area contributed by atoms with Crippen LogP contribution in [-0.4, -0.2) is 29.1 Å². The van der Waals surface area contributed by atoms with Crippen LogP contribution < -0.4 is 9.64 Å². The van der Waals surface area contributed by atoms with Crippen molar-refractivity contribution in [2.24, 2.45) is 0 Å². The Labute approximate surface area is 189 Å². The summed E-state index contributed by atoms with van der Waals surface area (Å²) in [6.45, 7) is 1.32. The molecule has 5 rings (SSSR count). The SMILES string of the molecule is COc1ccc(Cn2c(C3CC(=O)N(c4cccc(Br)c4)C3)nc3ccccc32)cc1. The summed E-state index contributed by atoms with van der Waals surface area (Å²) in [5.41, 5.74) is 4.12. The fourth-order valence-corrected chi connectivity index (χ4v) is 4.65. The zero-order valence-corrected chi connectivity index (χ0v) is 18.7. The number of amides is 1. The van der Waals surface area contributed by atoms with Crippen LogP contribution in [0.4, 0.5) is 5.69 Å². The maximum absolute atomic E-state index is 12.9. The van der Waals surface area contributed by atoms with Crippen molar-refractivity contribution in [2.75, 3.05) is 18.6 Å². The number of aromatic nitrogens is 2. The highest BCUT2D eigenvalue weighted by atomic mass is 79.9. The summed E-state index contributed by atoms with van der Waals surface area (Å²) in [5, 5.41) is 0. The number of ether oxygens (including phenoxy) is 1. The molecule has 3 aromatic carbocycles. The lowest BCUT2D eigenvalue weighted by molar-refractivity contribution is -0.117. The third kappa shape index (κ3) is 3.83. The Kier molecular flexibility index (Phi) is 5.24. The second-order valence-corrected chi connectivity index (χ2v) is 8.69. The predicted molar refractivity (Wildman–Crippen MR) is 126 cm³/mol. The van der Waals surface area contributed by atoms with Gasteiger partial charge in [-0.15, -0.1) is 0 Å². The number of anilines is 1. The van der Waals surface area contributed by atoms with E-state index in [0.717, 1.165) is 32.8 Å². The number of hydrogen-bond acceptors (Lipinski definition) is 3. The standard InChI is InChI=1S/C25H22BrN3O2/c1-31-21-11-9-17(10-12-21)15-29-23-8-3-2-7-22(23)27-25(29)18-13-24(30)28(16-18)20-6-4-5-19(26)14-20/h2-12,14,18H,13,15-16H2,1H3. The Balaban J connectivity index is 1.51. The van der Waals surface area contributed by atoms with Gasteiger partial charge >= 0.3 is 0 Å². The van der Waals surface area contributed by atoms with E-state index in [-0.39, 0.29) is 11.8 Å². The molecule has 1 saturated heterocycles. The van der Waals surface area contributed by atoms with Gasteiger partial charge in [-0.2, -0.15) is 0 Å². The summed E-state index contributed by atoms with van der Waals surface area (Å²) in [7, 11) is 1.67. The van der Waals surface area contributed by atoms with Crippen LogP contribution in [0.1, 0.15) is 23.7 Å². The van der Waals surface area contributed by atoms with E-state index in [1.807, 2.05) is 59.5 Å². The molecule has 0 saturated carbocycles. The quantitative estimate of drug-likeness (QED) is 0.389. The number of benzene rings is 3. The molecule has 1 unspecified atom stereocenters. The molecule has 0 N–H and O–H groups in total. The summed E-state index contributed by atoms with van der Waals surface area (Å²) in [5.74, 6) is 1.97. The van der Waals surface area contributed by atoms with E-state index in [0.29, 0.717) is 19.5 Å². The highest BCUT2D eigenvalue weighted by Gasteiger charge is 2.34. The van der Waals surface area contributed by atoms with Crippen LogP contribution in [0.2, 0.25) is 0 Å². The van der Waals surface area contributed by atoms with Gasteiger partial charge < -0.3 is 14.2 Å². The first-order valence-electron chi connectivity index (χ1n) is 10.3. The molecule has 31 heavy (non-hydrogen) atoms. The maximum Gasteiger partial charge on any atom is 0.227 e. The summed E-state index contributed by atoms with van der Waals surface area (Å²) in [6.07, 6.45) is 0.457. The first kappa shape index (κ1) is 19.8. The van der Waals surface area contributed by atoms with E-state index < -0.39 is 0 Å². The van der Waals surface area contributed by atoms with E-state index in [4.69, 9.17) is 9.72 Å². The molecule has 1 aliphatic heterocycles. The van der Waals surface area contributed by atoms with Crippen molar-refractivity contribution < 1.29 is 9.53 Å². The van der Waals surface area contributed by atoms with Crippen molar-refractivity contribution in [3.05, 3.63) is 88.7 Å². The Morgan fingerprint density at radius 3 is 2.65 bits per heavy atom. The van der Waals surface area contributed by atoms with E-state index in [2.05, 4.69) is 38.7 Å². The van der Waals surface area contributed by atoms with Gasteiger partial charge in [0.2, 0.25) is 5.91 Å². The monoisotopic (exact) mass is 475 g/mol. The maximum atomic E-state index is 12.9. The van der Waals surface area contributed by atoms with E-state index in [1.54, 1.807) is 7.11 Å². The average Bonchev–Trinajstić information content (AvgIpc) is 3.35.